The first kappa shape index (κ1) is 24.3. The molecule has 1 amide bonds. The zero-order valence-corrected chi connectivity index (χ0v) is 20.5. The van der Waals surface area contributed by atoms with Gasteiger partial charge in [0, 0.05) is 6.54 Å². The number of aryl methyl sites for hydroxylation is 1. The Morgan fingerprint density at radius 2 is 1.63 bits per heavy atom. The normalized spacial score (nSPS) is 12.2. The number of halogens is 1. The van der Waals surface area contributed by atoms with Crippen LogP contribution in [0.1, 0.15) is 55.0 Å². The summed E-state index contributed by atoms with van der Waals surface area (Å²) in [4.78, 5) is 33.8. The van der Waals surface area contributed by atoms with Crippen molar-refractivity contribution in [3.8, 4) is 5.69 Å². The first-order valence-electron chi connectivity index (χ1n) is 11.9. The fourth-order valence-corrected chi connectivity index (χ4v) is 4.17. The van der Waals surface area contributed by atoms with E-state index in [2.05, 4.69) is 13.8 Å². The minimum atomic E-state index is -0.584. The van der Waals surface area contributed by atoms with Gasteiger partial charge in [0.2, 0.25) is 0 Å². The van der Waals surface area contributed by atoms with Crippen molar-refractivity contribution in [1.29, 1.82) is 0 Å². The van der Waals surface area contributed by atoms with Crippen molar-refractivity contribution in [1.82, 2.24) is 14.5 Å². The van der Waals surface area contributed by atoms with Gasteiger partial charge in [-0.15, -0.1) is 0 Å². The third kappa shape index (κ3) is 5.02. The molecule has 0 aliphatic heterocycles. The van der Waals surface area contributed by atoms with Crippen molar-refractivity contribution in [3.63, 3.8) is 0 Å². The van der Waals surface area contributed by atoms with Crippen LogP contribution in [0.2, 0.25) is 0 Å². The number of carbonyl (C=O) groups excluding carboxylic acids is 1. The molecule has 1 unspecified atom stereocenters. The van der Waals surface area contributed by atoms with Crippen LogP contribution in [0.15, 0.2) is 77.6 Å². The van der Waals surface area contributed by atoms with Crippen LogP contribution >= 0.6 is 0 Å². The second kappa shape index (κ2) is 10.2. The molecule has 0 N–H and O–H groups in total. The van der Waals surface area contributed by atoms with Gasteiger partial charge in [0.15, 0.2) is 0 Å². The molecule has 1 heterocycles. The van der Waals surface area contributed by atoms with E-state index in [-0.39, 0.29) is 11.1 Å². The van der Waals surface area contributed by atoms with E-state index in [1.165, 1.54) is 12.1 Å². The van der Waals surface area contributed by atoms with E-state index < -0.39 is 17.8 Å². The van der Waals surface area contributed by atoms with E-state index in [0.717, 1.165) is 12.0 Å². The van der Waals surface area contributed by atoms with Crippen molar-refractivity contribution in [2.75, 3.05) is 6.54 Å². The van der Waals surface area contributed by atoms with Crippen LogP contribution in [0.5, 0.6) is 0 Å². The van der Waals surface area contributed by atoms with Crippen molar-refractivity contribution >= 4 is 16.8 Å². The van der Waals surface area contributed by atoms with Gasteiger partial charge in [0.05, 0.1) is 28.2 Å². The van der Waals surface area contributed by atoms with Crippen molar-refractivity contribution in [3.05, 3.63) is 106 Å². The number of hydrogen-bond acceptors (Lipinski definition) is 3. The van der Waals surface area contributed by atoms with Gasteiger partial charge in [-0.3, -0.25) is 14.2 Å². The summed E-state index contributed by atoms with van der Waals surface area (Å²) in [7, 11) is 0. The Hall–Kier alpha value is -3.80. The Labute approximate surface area is 204 Å². The Morgan fingerprint density at radius 3 is 2.31 bits per heavy atom. The van der Waals surface area contributed by atoms with Crippen LogP contribution in [-0.2, 0) is 0 Å². The minimum absolute atomic E-state index is 0.00753. The zero-order valence-electron chi connectivity index (χ0n) is 20.5. The monoisotopic (exact) mass is 471 g/mol. The second-order valence-electron chi connectivity index (χ2n) is 9.30. The average molecular weight is 472 g/mol. The Balaban J connectivity index is 1.91. The molecule has 4 aromatic rings. The molecular formula is C29H30FN3O2. The minimum Gasteiger partial charge on any atom is -0.329 e. The summed E-state index contributed by atoms with van der Waals surface area (Å²) in [5.74, 6) is -0.219. The summed E-state index contributed by atoms with van der Waals surface area (Å²) < 4.78 is 16.2. The zero-order chi connectivity index (χ0) is 25.1. The van der Waals surface area contributed by atoms with Crippen molar-refractivity contribution < 1.29 is 9.18 Å². The van der Waals surface area contributed by atoms with Crippen molar-refractivity contribution in [2.45, 2.75) is 40.2 Å². The molecule has 0 fully saturated rings. The number of rotatable bonds is 7. The van der Waals surface area contributed by atoms with E-state index in [1.807, 2.05) is 50.2 Å². The molecule has 1 atom stereocenters. The first-order valence-corrected chi connectivity index (χ1v) is 11.9. The Kier molecular flexibility index (Phi) is 7.10. The van der Waals surface area contributed by atoms with Crippen LogP contribution in [-0.4, -0.2) is 26.9 Å². The SMILES string of the molecule is Cc1ccc(-n2c(C(C)N(CCC(C)C)C(=O)c3ccccc3F)nc3ccccc3c2=O)cc1. The molecule has 4 rings (SSSR count). The number of aromatic nitrogens is 2. The summed E-state index contributed by atoms with van der Waals surface area (Å²) in [6, 6.07) is 20.2. The maximum absolute atomic E-state index is 14.6. The molecule has 0 radical (unpaired) electrons. The molecule has 0 saturated carbocycles. The van der Waals surface area contributed by atoms with Gasteiger partial charge in [-0.2, -0.15) is 0 Å². The Morgan fingerprint density at radius 1 is 0.971 bits per heavy atom. The predicted molar refractivity (Wildman–Crippen MR) is 137 cm³/mol. The molecule has 1 aromatic heterocycles. The highest BCUT2D eigenvalue weighted by Crippen LogP contribution is 2.26. The lowest BCUT2D eigenvalue weighted by molar-refractivity contribution is 0.0666. The molecule has 3 aromatic carbocycles. The standard InChI is InChI=1S/C29H30FN3O2/c1-19(2)17-18-32(28(34)23-9-5-7-11-25(23)30)21(4)27-31-26-12-8-6-10-24(26)29(35)33(27)22-15-13-20(3)14-16-22/h5-16,19,21H,17-18H2,1-4H3. The van der Waals surface area contributed by atoms with E-state index >= 15 is 0 Å². The van der Waals surface area contributed by atoms with Crippen molar-refractivity contribution in [2.24, 2.45) is 5.92 Å². The lowest BCUT2D eigenvalue weighted by Crippen LogP contribution is -2.38. The molecule has 0 saturated heterocycles. The second-order valence-corrected chi connectivity index (χ2v) is 9.30. The number of hydrogen-bond donors (Lipinski definition) is 0. The number of para-hydroxylation sites is 1. The predicted octanol–water partition coefficient (Wildman–Crippen LogP) is 6.08. The Bertz CT molecular complexity index is 1410. The quantitative estimate of drug-likeness (QED) is 0.328. The highest BCUT2D eigenvalue weighted by Gasteiger charge is 2.29. The smallest absolute Gasteiger partial charge is 0.266 e. The number of fused-ring (bicyclic) bond motifs is 1. The molecular weight excluding hydrogens is 441 g/mol. The molecule has 5 nitrogen and oxygen atoms in total. The van der Waals surface area contributed by atoms with Gasteiger partial charge in [-0.1, -0.05) is 55.8 Å². The highest BCUT2D eigenvalue weighted by molar-refractivity contribution is 5.94. The summed E-state index contributed by atoms with van der Waals surface area (Å²) in [6.45, 7) is 8.39. The fraction of sp³-hybridized carbons (Fsp3) is 0.276. The number of nitrogens with zero attached hydrogens (tertiary/aromatic N) is 3. The van der Waals surface area contributed by atoms with Gasteiger partial charge in [-0.25, -0.2) is 9.37 Å². The van der Waals surface area contributed by atoms with Gasteiger partial charge < -0.3 is 4.90 Å². The van der Waals surface area contributed by atoms with Gasteiger partial charge in [-0.05, 0) is 62.6 Å². The molecule has 0 spiro atoms. The summed E-state index contributed by atoms with van der Waals surface area (Å²) >= 11 is 0. The topological polar surface area (TPSA) is 55.2 Å². The average Bonchev–Trinajstić information content (AvgIpc) is 2.84. The van der Waals surface area contributed by atoms with Gasteiger partial charge in [0.25, 0.3) is 11.5 Å². The highest BCUT2D eigenvalue weighted by atomic mass is 19.1. The number of carbonyl (C=O) groups is 1. The molecule has 180 valence electrons. The molecule has 0 aliphatic rings. The fourth-order valence-electron chi connectivity index (χ4n) is 4.17. The van der Waals surface area contributed by atoms with Crippen LogP contribution in [0.3, 0.4) is 0 Å². The molecule has 0 aliphatic carbocycles. The van der Waals surface area contributed by atoms with Gasteiger partial charge >= 0.3 is 0 Å². The first-order chi connectivity index (χ1) is 16.8. The third-order valence-corrected chi connectivity index (χ3v) is 6.25. The van der Waals surface area contributed by atoms with E-state index in [1.54, 1.807) is 33.7 Å². The molecule has 0 bridgehead atoms. The van der Waals surface area contributed by atoms with Gasteiger partial charge in [0.1, 0.15) is 11.6 Å². The summed E-state index contributed by atoms with van der Waals surface area (Å²) in [5.41, 5.74) is 2.10. The maximum atomic E-state index is 14.6. The van der Waals surface area contributed by atoms with E-state index in [9.17, 15) is 14.0 Å². The van der Waals surface area contributed by atoms with Crippen LogP contribution in [0, 0.1) is 18.7 Å². The number of benzene rings is 3. The van der Waals surface area contributed by atoms with Crippen LogP contribution in [0.4, 0.5) is 4.39 Å². The molecule has 6 heteroatoms. The number of amides is 1. The van der Waals surface area contributed by atoms with Crippen LogP contribution < -0.4 is 5.56 Å². The lowest BCUT2D eigenvalue weighted by Gasteiger charge is -2.31. The lowest BCUT2D eigenvalue weighted by atomic mass is 10.1. The summed E-state index contributed by atoms with van der Waals surface area (Å²) in [5, 5.41) is 0.498. The van der Waals surface area contributed by atoms with E-state index in [0.29, 0.717) is 34.9 Å². The summed E-state index contributed by atoms with van der Waals surface area (Å²) in [6.07, 6.45) is 0.729. The largest absolute Gasteiger partial charge is 0.329 e. The molecule has 35 heavy (non-hydrogen) atoms. The maximum Gasteiger partial charge on any atom is 0.266 e. The van der Waals surface area contributed by atoms with E-state index in [4.69, 9.17) is 4.98 Å². The van der Waals surface area contributed by atoms with Crippen LogP contribution in [0.25, 0.3) is 16.6 Å². The third-order valence-electron chi connectivity index (χ3n) is 6.25.